The molecule has 0 aliphatic heterocycles. The Labute approximate surface area is 153 Å². The molecule has 0 aliphatic carbocycles. The number of primary amides is 2. The first-order valence-electron chi connectivity index (χ1n) is 8.15. The largest absolute Gasteiger partial charge is 0.364 e. The van der Waals surface area contributed by atoms with Gasteiger partial charge in [0.1, 0.15) is 0 Å². The number of hydrogen-bond donors (Lipinski definition) is 4. The van der Waals surface area contributed by atoms with E-state index in [0.29, 0.717) is 5.69 Å². The maximum atomic E-state index is 11.6. The standard InChI is InChI=1S/C19H16N6O2/c20-18(26)17-16(23-19(21)27)10-25(24-17)14-3-1-2-11(9-14)12-4-5-15-13(8-12)6-7-22-15/h1-10,22H,(H2,20,26)(H3,21,23,27). The van der Waals surface area contributed by atoms with Crippen LogP contribution in [0.2, 0.25) is 0 Å². The van der Waals surface area contributed by atoms with Crippen LogP contribution < -0.4 is 16.8 Å². The second kappa shape index (κ2) is 6.34. The molecule has 0 radical (unpaired) electrons. The van der Waals surface area contributed by atoms with Crippen LogP contribution >= 0.6 is 0 Å². The van der Waals surface area contributed by atoms with E-state index < -0.39 is 11.9 Å². The molecule has 0 spiro atoms. The third kappa shape index (κ3) is 3.11. The number of rotatable bonds is 4. The van der Waals surface area contributed by atoms with E-state index in [1.165, 1.54) is 10.9 Å². The number of nitrogens with zero attached hydrogens (tertiary/aromatic N) is 2. The molecule has 2 aromatic heterocycles. The number of carbonyl (C=O) groups excluding carboxylic acids is 2. The average Bonchev–Trinajstić information content (AvgIpc) is 3.27. The molecular weight excluding hydrogens is 344 g/mol. The molecule has 0 saturated heterocycles. The molecule has 0 bridgehead atoms. The Kier molecular flexibility index (Phi) is 3.85. The van der Waals surface area contributed by atoms with Crippen molar-refractivity contribution < 1.29 is 9.59 Å². The first-order valence-corrected chi connectivity index (χ1v) is 8.15. The highest BCUT2D eigenvalue weighted by atomic mass is 16.2. The summed E-state index contributed by atoms with van der Waals surface area (Å²) in [6, 6.07) is 15.0. The summed E-state index contributed by atoms with van der Waals surface area (Å²) in [5.41, 5.74) is 14.4. The molecule has 4 rings (SSSR count). The minimum Gasteiger partial charge on any atom is -0.364 e. The van der Waals surface area contributed by atoms with Crippen molar-refractivity contribution in [2.24, 2.45) is 11.5 Å². The summed E-state index contributed by atoms with van der Waals surface area (Å²) in [6.07, 6.45) is 3.40. The Morgan fingerprint density at radius 3 is 2.63 bits per heavy atom. The molecule has 0 unspecified atom stereocenters. The summed E-state index contributed by atoms with van der Waals surface area (Å²) in [5.74, 6) is -0.758. The van der Waals surface area contributed by atoms with Crippen molar-refractivity contribution in [1.29, 1.82) is 0 Å². The monoisotopic (exact) mass is 360 g/mol. The van der Waals surface area contributed by atoms with Crippen molar-refractivity contribution in [2.75, 3.05) is 5.32 Å². The van der Waals surface area contributed by atoms with E-state index in [-0.39, 0.29) is 11.4 Å². The fraction of sp³-hybridized carbons (Fsp3) is 0. The number of fused-ring (bicyclic) bond motifs is 1. The van der Waals surface area contributed by atoms with Crippen molar-refractivity contribution in [3.8, 4) is 16.8 Å². The molecule has 0 atom stereocenters. The van der Waals surface area contributed by atoms with Gasteiger partial charge in [-0.25, -0.2) is 9.48 Å². The normalized spacial score (nSPS) is 10.8. The number of aromatic amines is 1. The van der Waals surface area contributed by atoms with Crippen LogP contribution in [-0.2, 0) is 0 Å². The third-order valence-electron chi connectivity index (χ3n) is 4.20. The van der Waals surface area contributed by atoms with Gasteiger partial charge in [-0.3, -0.25) is 4.79 Å². The molecule has 0 saturated carbocycles. The third-order valence-corrected chi connectivity index (χ3v) is 4.20. The van der Waals surface area contributed by atoms with Crippen molar-refractivity contribution in [1.82, 2.24) is 14.8 Å². The van der Waals surface area contributed by atoms with Crippen molar-refractivity contribution >= 4 is 28.5 Å². The van der Waals surface area contributed by atoms with Gasteiger partial charge in [0, 0.05) is 11.7 Å². The van der Waals surface area contributed by atoms with Gasteiger partial charge in [-0.1, -0.05) is 18.2 Å². The van der Waals surface area contributed by atoms with Crippen molar-refractivity contribution in [3.63, 3.8) is 0 Å². The predicted molar refractivity (Wildman–Crippen MR) is 103 cm³/mol. The minimum atomic E-state index is -0.800. The summed E-state index contributed by atoms with van der Waals surface area (Å²) in [7, 11) is 0. The van der Waals surface area contributed by atoms with Gasteiger partial charge in [0.25, 0.3) is 5.91 Å². The maximum Gasteiger partial charge on any atom is 0.316 e. The van der Waals surface area contributed by atoms with Gasteiger partial charge in [-0.15, -0.1) is 0 Å². The Bertz CT molecular complexity index is 1170. The van der Waals surface area contributed by atoms with Gasteiger partial charge in [-0.05, 0) is 46.8 Å². The topological polar surface area (TPSA) is 132 Å². The fourth-order valence-corrected chi connectivity index (χ4v) is 2.97. The lowest BCUT2D eigenvalue weighted by Gasteiger charge is -2.06. The van der Waals surface area contributed by atoms with Crippen LogP contribution in [0.15, 0.2) is 60.9 Å². The van der Waals surface area contributed by atoms with Crippen LogP contribution in [0.3, 0.4) is 0 Å². The number of hydrogen-bond acceptors (Lipinski definition) is 3. The summed E-state index contributed by atoms with van der Waals surface area (Å²) in [6.45, 7) is 0. The van der Waals surface area contributed by atoms with Crippen LogP contribution in [0.5, 0.6) is 0 Å². The van der Waals surface area contributed by atoms with Crippen LogP contribution in [0.4, 0.5) is 10.5 Å². The number of H-pyrrole nitrogens is 1. The van der Waals surface area contributed by atoms with E-state index in [2.05, 4.69) is 21.5 Å². The molecule has 27 heavy (non-hydrogen) atoms. The number of nitrogens with one attached hydrogen (secondary N) is 2. The highest BCUT2D eigenvalue weighted by Crippen LogP contribution is 2.26. The zero-order chi connectivity index (χ0) is 19.0. The summed E-state index contributed by atoms with van der Waals surface area (Å²) < 4.78 is 1.48. The first kappa shape index (κ1) is 16.4. The Morgan fingerprint density at radius 1 is 1.04 bits per heavy atom. The molecule has 4 aromatic rings. The zero-order valence-corrected chi connectivity index (χ0v) is 14.1. The highest BCUT2D eigenvalue weighted by molar-refractivity contribution is 6.00. The van der Waals surface area contributed by atoms with Gasteiger partial charge in [0.15, 0.2) is 5.69 Å². The van der Waals surface area contributed by atoms with Gasteiger partial charge >= 0.3 is 6.03 Å². The van der Waals surface area contributed by atoms with E-state index in [1.54, 1.807) is 0 Å². The number of amides is 3. The Hall–Kier alpha value is -4.07. The molecule has 2 aromatic carbocycles. The number of urea groups is 1. The van der Waals surface area contributed by atoms with E-state index in [4.69, 9.17) is 11.5 Å². The van der Waals surface area contributed by atoms with E-state index >= 15 is 0 Å². The van der Waals surface area contributed by atoms with Gasteiger partial charge in [0.05, 0.1) is 17.6 Å². The minimum absolute atomic E-state index is 0.0621. The molecular formula is C19H16N6O2. The number of carbonyl (C=O) groups is 2. The van der Waals surface area contributed by atoms with Gasteiger partial charge < -0.3 is 21.8 Å². The fourth-order valence-electron chi connectivity index (χ4n) is 2.97. The molecule has 8 nitrogen and oxygen atoms in total. The number of anilines is 1. The molecule has 8 heteroatoms. The molecule has 2 heterocycles. The molecule has 0 fully saturated rings. The van der Waals surface area contributed by atoms with E-state index in [9.17, 15) is 9.59 Å². The van der Waals surface area contributed by atoms with Crippen molar-refractivity contribution in [2.45, 2.75) is 0 Å². The van der Waals surface area contributed by atoms with E-state index in [0.717, 1.165) is 22.0 Å². The number of aromatic nitrogens is 3. The van der Waals surface area contributed by atoms with Crippen LogP contribution in [0.25, 0.3) is 27.7 Å². The SMILES string of the molecule is NC(=O)Nc1cn(-c2cccc(-c3ccc4[nH]ccc4c3)c2)nc1C(N)=O. The average molecular weight is 360 g/mol. The lowest BCUT2D eigenvalue weighted by molar-refractivity contribution is 0.0996. The van der Waals surface area contributed by atoms with Gasteiger partial charge in [0.2, 0.25) is 0 Å². The predicted octanol–water partition coefficient (Wildman–Crippen LogP) is 2.61. The maximum absolute atomic E-state index is 11.6. The Morgan fingerprint density at radius 2 is 1.85 bits per heavy atom. The smallest absolute Gasteiger partial charge is 0.316 e. The summed E-state index contributed by atoms with van der Waals surface area (Å²) in [4.78, 5) is 25.9. The second-order valence-corrected chi connectivity index (χ2v) is 6.02. The Balaban J connectivity index is 1.76. The summed E-state index contributed by atoms with van der Waals surface area (Å²) in [5, 5.41) is 7.65. The number of benzene rings is 2. The lowest BCUT2D eigenvalue weighted by Crippen LogP contribution is -2.22. The molecule has 0 aliphatic rings. The van der Waals surface area contributed by atoms with Gasteiger partial charge in [-0.2, -0.15) is 5.10 Å². The summed E-state index contributed by atoms with van der Waals surface area (Å²) >= 11 is 0. The first-order chi connectivity index (χ1) is 13.0. The molecule has 3 amide bonds. The molecule has 134 valence electrons. The second-order valence-electron chi connectivity index (χ2n) is 6.02. The quantitative estimate of drug-likeness (QED) is 0.446. The highest BCUT2D eigenvalue weighted by Gasteiger charge is 2.16. The van der Waals surface area contributed by atoms with E-state index in [1.807, 2.05) is 48.7 Å². The molecule has 6 N–H and O–H groups in total. The zero-order valence-electron chi connectivity index (χ0n) is 14.1. The van der Waals surface area contributed by atoms with Crippen molar-refractivity contribution in [3.05, 3.63) is 66.6 Å². The lowest BCUT2D eigenvalue weighted by atomic mass is 10.0. The van der Waals surface area contributed by atoms with Crippen LogP contribution in [-0.4, -0.2) is 26.7 Å². The van der Waals surface area contributed by atoms with Crippen LogP contribution in [0.1, 0.15) is 10.5 Å². The van der Waals surface area contributed by atoms with Crippen LogP contribution in [0, 0.1) is 0 Å². The number of nitrogens with two attached hydrogens (primary N) is 2.